The van der Waals surface area contributed by atoms with Crippen molar-refractivity contribution in [1.29, 1.82) is 0 Å². The summed E-state index contributed by atoms with van der Waals surface area (Å²) in [6, 6.07) is 3.33. The molecule has 106 valence electrons. The van der Waals surface area contributed by atoms with Crippen LogP contribution in [0.15, 0.2) is 18.3 Å². The van der Waals surface area contributed by atoms with E-state index in [0.29, 0.717) is 12.1 Å². The van der Waals surface area contributed by atoms with E-state index in [2.05, 4.69) is 22.1 Å². The van der Waals surface area contributed by atoms with Crippen molar-refractivity contribution in [2.75, 3.05) is 18.5 Å². The maximum atomic E-state index is 12.5. The number of alkyl halides is 3. The standard InChI is InChI=1S/C13H18F3N3/c1-9-7-10(17-2)5-6-19(9)11-3-4-12(18-8-11)13(14,15)16/h3-4,8-10,17H,5-7H2,1-2H3. The van der Waals surface area contributed by atoms with E-state index in [0.717, 1.165) is 31.1 Å². The lowest BCUT2D eigenvalue weighted by molar-refractivity contribution is -0.141. The second kappa shape index (κ2) is 5.36. The molecule has 1 fully saturated rings. The lowest BCUT2D eigenvalue weighted by Gasteiger charge is -2.39. The Morgan fingerprint density at radius 3 is 2.58 bits per heavy atom. The molecule has 0 spiro atoms. The van der Waals surface area contributed by atoms with E-state index in [9.17, 15) is 13.2 Å². The molecule has 0 amide bonds. The molecule has 2 rings (SSSR count). The second-order valence-corrected chi connectivity index (χ2v) is 4.95. The lowest BCUT2D eigenvalue weighted by Crippen LogP contribution is -2.46. The zero-order valence-corrected chi connectivity index (χ0v) is 11.0. The van der Waals surface area contributed by atoms with Crippen LogP contribution < -0.4 is 10.2 Å². The molecule has 1 aliphatic rings. The van der Waals surface area contributed by atoms with E-state index in [1.54, 1.807) is 0 Å². The molecule has 2 unspecified atom stereocenters. The molecule has 19 heavy (non-hydrogen) atoms. The first-order valence-electron chi connectivity index (χ1n) is 6.39. The average molecular weight is 273 g/mol. The molecule has 3 nitrogen and oxygen atoms in total. The number of pyridine rings is 1. The first-order valence-corrected chi connectivity index (χ1v) is 6.39. The summed E-state index contributed by atoms with van der Waals surface area (Å²) in [5, 5.41) is 3.24. The van der Waals surface area contributed by atoms with Crippen LogP contribution in [0, 0.1) is 0 Å². The first kappa shape index (κ1) is 14.1. The van der Waals surface area contributed by atoms with Gasteiger partial charge in [-0.1, -0.05) is 0 Å². The van der Waals surface area contributed by atoms with Crippen molar-refractivity contribution in [3.63, 3.8) is 0 Å². The number of halogens is 3. The Labute approximate surface area is 110 Å². The van der Waals surface area contributed by atoms with Gasteiger partial charge in [-0.15, -0.1) is 0 Å². The molecule has 6 heteroatoms. The molecule has 2 heterocycles. The predicted octanol–water partition coefficient (Wildman–Crippen LogP) is 2.68. The van der Waals surface area contributed by atoms with Gasteiger partial charge < -0.3 is 10.2 Å². The number of nitrogens with zero attached hydrogens (tertiary/aromatic N) is 2. The third-order valence-corrected chi connectivity index (χ3v) is 3.65. The quantitative estimate of drug-likeness (QED) is 0.898. The third-order valence-electron chi connectivity index (χ3n) is 3.65. The summed E-state index contributed by atoms with van der Waals surface area (Å²) in [5.74, 6) is 0. The van der Waals surface area contributed by atoms with Gasteiger partial charge in [0.15, 0.2) is 0 Å². The number of hydrogen-bond donors (Lipinski definition) is 1. The molecular formula is C13H18F3N3. The smallest absolute Gasteiger partial charge is 0.367 e. The molecule has 0 aliphatic carbocycles. The summed E-state index contributed by atoms with van der Waals surface area (Å²) < 4.78 is 37.4. The van der Waals surface area contributed by atoms with Gasteiger partial charge in [0, 0.05) is 18.6 Å². The van der Waals surface area contributed by atoms with E-state index in [1.165, 1.54) is 12.3 Å². The molecule has 1 aliphatic heterocycles. The summed E-state index contributed by atoms with van der Waals surface area (Å²) in [4.78, 5) is 5.63. The fraction of sp³-hybridized carbons (Fsp3) is 0.615. The fourth-order valence-corrected chi connectivity index (χ4v) is 2.54. The Bertz CT molecular complexity index is 416. The topological polar surface area (TPSA) is 28.2 Å². The van der Waals surface area contributed by atoms with Gasteiger partial charge in [-0.2, -0.15) is 13.2 Å². The Hall–Kier alpha value is -1.30. The molecule has 1 aromatic heterocycles. The Balaban J connectivity index is 2.10. The van der Waals surface area contributed by atoms with Crippen LogP contribution in [0.5, 0.6) is 0 Å². The van der Waals surface area contributed by atoms with Gasteiger partial charge in [0.2, 0.25) is 0 Å². The van der Waals surface area contributed by atoms with Crippen LogP contribution in [0.4, 0.5) is 18.9 Å². The SMILES string of the molecule is CNC1CCN(c2ccc(C(F)(F)F)nc2)C(C)C1. The minimum atomic E-state index is -4.37. The summed E-state index contributed by atoms with van der Waals surface area (Å²) >= 11 is 0. The van der Waals surface area contributed by atoms with E-state index in [-0.39, 0.29) is 0 Å². The van der Waals surface area contributed by atoms with Crippen LogP contribution in [0.1, 0.15) is 25.5 Å². The number of hydrogen-bond acceptors (Lipinski definition) is 3. The minimum Gasteiger partial charge on any atom is -0.367 e. The number of aromatic nitrogens is 1. The monoisotopic (exact) mass is 273 g/mol. The molecule has 0 saturated carbocycles. The van der Waals surface area contributed by atoms with E-state index >= 15 is 0 Å². The molecular weight excluding hydrogens is 255 g/mol. The van der Waals surface area contributed by atoms with E-state index in [1.807, 2.05) is 7.05 Å². The highest BCUT2D eigenvalue weighted by atomic mass is 19.4. The maximum Gasteiger partial charge on any atom is 0.433 e. The summed E-state index contributed by atoms with van der Waals surface area (Å²) in [6.45, 7) is 2.92. The molecule has 2 atom stereocenters. The van der Waals surface area contributed by atoms with Gasteiger partial charge in [0.1, 0.15) is 5.69 Å². The Morgan fingerprint density at radius 2 is 2.11 bits per heavy atom. The van der Waals surface area contributed by atoms with Crippen molar-refractivity contribution >= 4 is 5.69 Å². The van der Waals surface area contributed by atoms with E-state index < -0.39 is 11.9 Å². The number of anilines is 1. The van der Waals surface area contributed by atoms with Gasteiger partial charge in [-0.3, -0.25) is 0 Å². The van der Waals surface area contributed by atoms with Crippen molar-refractivity contribution < 1.29 is 13.2 Å². The number of rotatable bonds is 2. The van der Waals surface area contributed by atoms with Crippen LogP contribution in [0.3, 0.4) is 0 Å². The molecule has 1 aromatic rings. The third kappa shape index (κ3) is 3.18. The predicted molar refractivity (Wildman–Crippen MR) is 68.1 cm³/mol. The highest BCUT2D eigenvalue weighted by molar-refractivity contribution is 5.46. The van der Waals surface area contributed by atoms with Crippen LogP contribution >= 0.6 is 0 Å². The Morgan fingerprint density at radius 1 is 1.37 bits per heavy atom. The highest BCUT2D eigenvalue weighted by Crippen LogP contribution is 2.30. The van der Waals surface area contributed by atoms with E-state index in [4.69, 9.17) is 0 Å². The van der Waals surface area contributed by atoms with Gasteiger partial charge in [0.05, 0.1) is 11.9 Å². The van der Waals surface area contributed by atoms with Crippen molar-refractivity contribution in [2.24, 2.45) is 0 Å². The molecule has 1 N–H and O–H groups in total. The number of piperidine rings is 1. The summed E-state index contributed by atoms with van der Waals surface area (Å²) in [6.07, 6.45) is -1.08. The number of nitrogens with one attached hydrogen (secondary N) is 1. The van der Waals surface area contributed by atoms with Gasteiger partial charge in [0.25, 0.3) is 0 Å². The van der Waals surface area contributed by atoms with Crippen molar-refractivity contribution in [3.05, 3.63) is 24.0 Å². The normalized spacial score (nSPS) is 24.6. The average Bonchev–Trinajstić information content (AvgIpc) is 2.37. The fourth-order valence-electron chi connectivity index (χ4n) is 2.54. The summed E-state index contributed by atoms with van der Waals surface area (Å²) in [5.41, 5.74) is -0.0796. The molecule has 0 radical (unpaired) electrons. The lowest BCUT2D eigenvalue weighted by atomic mass is 9.98. The van der Waals surface area contributed by atoms with Crippen molar-refractivity contribution in [2.45, 2.75) is 38.0 Å². The second-order valence-electron chi connectivity index (χ2n) is 4.95. The van der Waals surface area contributed by atoms with Crippen molar-refractivity contribution in [1.82, 2.24) is 10.3 Å². The van der Waals surface area contributed by atoms with Gasteiger partial charge in [-0.05, 0) is 38.9 Å². The zero-order chi connectivity index (χ0) is 14.0. The summed E-state index contributed by atoms with van der Waals surface area (Å²) in [7, 11) is 1.94. The first-order chi connectivity index (χ1) is 8.91. The Kier molecular flexibility index (Phi) is 3.99. The molecule has 0 bridgehead atoms. The maximum absolute atomic E-state index is 12.5. The highest BCUT2D eigenvalue weighted by Gasteiger charge is 2.32. The van der Waals surface area contributed by atoms with Crippen molar-refractivity contribution in [3.8, 4) is 0 Å². The zero-order valence-electron chi connectivity index (χ0n) is 11.0. The van der Waals surface area contributed by atoms with Crippen LogP contribution in [0.2, 0.25) is 0 Å². The van der Waals surface area contributed by atoms with Crippen LogP contribution in [-0.4, -0.2) is 30.7 Å². The molecule has 1 saturated heterocycles. The van der Waals surface area contributed by atoms with Crippen LogP contribution in [-0.2, 0) is 6.18 Å². The van der Waals surface area contributed by atoms with Gasteiger partial charge in [-0.25, -0.2) is 4.98 Å². The largest absolute Gasteiger partial charge is 0.433 e. The molecule has 0 aromatic carbocycles. The van der Waals surface area contributed by atoms with Crippen LogP contribution in [0.25, 0.3) is 0 Å². The van der Waals surface area contributed by atoms with Gasteiger partial charge >= 0.3 is 6.18 Å². The minimum absolute atomic E-state index is 0.296.